The van der Waals surface area contributed by atoms with E-state index in [-0.39, 0.29) is 5.84 Å². The first-order chi connectivity index (χ1) is 7.93. The van der Waals surface area contributed by atoms with Crippen molar-refractivity contribution in [3.05, 3.63) is 28.2 Å². The smallest absolute Gasteiger partial charge is 0.187 e. The summed E-state index contributed by atoms with van der Waals surface area (Å²) >= 11 is 22.1. The molecule has 2 rings (SSSR count). The summed E-state index contributed by atoms with van der Waals surface area (Å²) in [5.74, 6) is 0.172. The lowest BCUT2D eigenvalue weighted by Gasteiger charge is -2.18. The van der Waals surface area contributed by atoms with Gasteiger partial charge in [-0.1, -0.05) is 35.4 Å². The largest absolute Gasteiger partial charge is 0.309 e. The minimum Gasteiger partial charge on any atom is -0.309 e. The first kappa shape index (κ1) is 12.7. The quantitative estimate of drug-likeness (QED) is 0.806. The molecule has 88 valence electrons. The molecule has 1 aliphatic rings. The normalized spacial score (nSPS) is 16.1. The SMILES string of the molecule is CN1C(=S)C(=N)N(c2ccc(Cl)c(Cl)c2)C1=S. The summed E-state index contributed by atoms with van der Waals surface area (Å²) in [7, 11) is 1.73. The number of benzene rings is 1. The highest BCUT2D eigenvalue weighted by Crippen LogP contribution is 2.29. The third-order valence-corrected chi connectivity index (χ3v) is 4.03. The number of nitrogens with one attached hydrogen (secondary N) is 1. The molecule has 1 fully saturated rings. The molecule has 0 aromatic heterocycles. The lowest BCUT2D eigenvalue weighted by atomic mass is 10.3. The Morgan fingerprint density at radius 1 is 1.18 bits per heavy atom. The fourth-order valence-electron chi connectivity index (χ4n) is 1.45. The fourth-order valence-corrected chi connectivity index (χ4v) is 2.27. The van der Waals surface area contributed by atoms with Crippen molar-refractivity contribution in [2.45, 2.75) is 0 Å². The van der Waals surface area contributed by atoms with Crippen molar-refractivity contribution in [3.8, 4) is 0 Å². The van der Waals surface area contributed by atoms with E-state index < -0.39 is 0 Å². The highest BCUT2D eigenvalue weighted by atomic mass is 35.5. The molecular formula is C10H7Cl2N3S2. The number of halogens is 2. The molecule has 0 unspecified atom stereocenters. The number of amidine groups is 1. The number of hydrogen-bond donors (Lipinski definition) is 1. The van der Waals surface area contributed by atoms with Crippen molar-refractivity contribution < 1.29 is 0 Å². The summed E-state index contributed by atoms with van der Waals surface area (Å²) in [5.41, 5.74) is 0.682. The Hall–Kier alpha value is -0.750. The molecule has 0 aliphatic carbocycles. The van der Waals surface area contributed by atoms with Crippen LogP contribution < -0.4 is 4.90 Å². The Morgan fingerprint density at radius 2 is 1.82 bits per heavy atom. The van der Waals surface area contributed by atoms with Gasteiger partial charge in [0, 0.05) is 7.05 Å². The molecule has 0 saturated carbocycles. The monoisotopic (exact) mass is 303 g/mol. The maximum Gasteiger partial charge on any atom is 0.187 e. The molecule has 0 radical (unpaired) electrons. The van der Waals surface area contributed by atoms with Crippen LogP contribution in [0.25, 0.3) is 0 Å². The highest BCUT2D eigenvalue weighted by Gasteiger charge is 2.33. The molecule has 1 aromatic rings. The minimum absolute atomic E-state index is 0.172. The van der Waals surface area contributed by atoms with E-state index >= 15 is 0 Å². The zero-order chi connectivity index (χ0) is 12.7. The van der Waals surface area contributed by atoms with E-state index in [2.05, 4.69) is 0 Å². The Balaban J connectivity index is 2.47. The van der Waals surface area contributed by atoms with Crippen molar-refractivity contribution >= 4 is 69.3 Å². The topological polar surface area (TPSA) is 30.3 Å². The van der Waals surface area contributed by atoms with E-state index in [1.165, 1.54) is 0 Å². The molecule has 7 heteroatoms. The first-order valence-corrected chi connectivity index (χ1v) is 6.16. The van der Waals surface area contributed by atoms with E-state index in [1.54, 1.807) is 35.0 Å². The Morgan fingerprint density at radius 3 is 2.29 bits per heavy atom. The molecule has 1 N–H and O–H groups in total. The second kappa shape index (κ2) is 4.49. The van der Waals surface area contributed by atoms with Gasteiger partial charge in [0.05, 0.1) is 15.7 Å². The van der Waals surface area contributed by atoms with Crippen LogP contribution in [0.4, 0.5) is 5.69 Å². The summed E-state index contributed by atoms with van der Waals surface area (Å²) in [6.07, 6.45) is 0. The maximum atomic E-state index is 7.91. The Kier molecular flexibility index (Phi) is 3.36. The predicted octanol–water partition coefficient (Wildman–Crippen LogP) is 3.33. The minimum atomic E-state index is 0.172. The van der Waals surface area contributed by atoms with E-state index in [0.717, 1.165) is 0 Å². The summed E-state index contributed by atoms with van der Waals surface area (Å²) < 4.78 is 0. The van der Waals surface area contributed by atoms with Gasteiger partial charge in [-0.25, -0.2) is 0 Å². The molecule has 1 saturated heterocycles. The number of likely N-dealkylation sites (N-methyl/N-ethyl adjacent to an activating group) is 1. The molecule has 0 bridgehead atoms. The fraction of sp³-hybridized carbons (Fsp3) is 0.100. The molecule has 17 heavy (non-hydrogen) atoms. The van der Waals surface area contributed by atoms with Gasteiger partial charge in [0.25, 0.3) is 0 Å². The lowest BCUT2D eigenvalue weighted by molar-refractivity contribution is 0.800. The van der Waals surface area contributed by atoms with Crippen LogP contribution in [0.15, 0.2) is 18.2 Å². The van der Waals surface area contributed by atoms with Crippen molar-refractivity contribution in [1.29, 1.82) is 5.41 Å². The van der Waals surface area contributed by atoms with Crippen LogP contribution in [-0.4, -0.2) is 27.9 Å². The molecule has 1 aliphatic heterocycles. The predicted molar refractivity (Wildman–Crippen MR) is 79.6 cm³/mol. The zero-order valence-electron chi connectivity index (χ0n) is 8.70. The average molecular weight is 304 g/mol. The number of thiocarbonyl (C=S) groups is 2. The van der Waals surface area contributed by atoms with Gasteiger partial charge in [0.1, 0.15) is 0 Å². The number of hydrogen-bond acceptors (Lipinski definition) is 3. The van der Waals surface area contributed by atoms with Crippen molar-refractivity contribution in [1.82, 2.24) is 4.90 Å². The van der Waals surface area contributed by atoms with Crippen LogP contribution in [0.1, 0.15) is 0 Å². The summed E-state index contributed by atoms with van der Waals surface area (Å²) in [5, 5.41) is 9.25. The maximum absolute atomic E-state index is 7.91. The van der Waals surface area contributed by atoms with Crippen LogP contribution in [-0.2, 0) is 0 Å². The molecular weight excluding hydrogens is 297 g/mol. The summed E-state index contributed by atoms with van der Waals surface area (Å²) in [6, 6.07) is 5.07. The average Bonchev–Trinajstić information content (AvgIpc) is 2.48. The van der Waals surface area contributed by atoms with Gasteiger partial charge in [-0.2, -0.15) is 0 Å². The number of rotatable bonds is 1. The molecule has 1 heterocycles. The van der Waals surface area contributed by atoms with Crippen LogP contribution in [0, 0.1) is 5.41 Å². The lowest BCUT2D eigenvalue weighted by Crippen LogP contribution is -2.30. The third-order valence-electron chi connectivity index (χ3n) is 2.37. The van der Waals surface area contributed by atoms with E-state index in [1.807, 2.05) is 0 Å². The van der Waals surface area contributed by atoms with Crippen molar-refractivity contribution in [2.75, 3.05) is 11.9 Å². The molecule has 0 atom stereocenters. The molecule has 0 amide bonds. The van der Waals surface area contributed by atoms with Crippen LogP contribution in [0.2, 0.25) is 10.0 Å². The molecule has 3 nitrogen and oxygen atoms in total. The van der Waals surface area contributed by atoms with Gasteiger partial charge >= 0.3 is 0 Å². The van der Waals surface area contributed by atoms with Gasteiger partial charge in [0.15, 0.2) is 15.9 Å². The van der Waals surface area contributed by atoms with E-state index in [0.29, 0.717) is 25.8 Å². The highest BCUT2D eigenvalue weighted by molar-refractivity contribution is 7.83. The van der Waals surface area contributed by atoms with Gasteiger partial charge in [0.2, 0.25) is 0 Å². The van der Waals surface area contributed by atoms with Crippen molar-refractivity contribution in [2.24, 2.45) is 0 Å². The van der Waals surface area contributed by atoms with E-state index in [9.17, 15) is 0 Å². The van der Waals surface area contributed by atoms with Crippen LogP contribution in [0.3, 0.4) is 0 Å². The Bertz CT molecular complexity index is 544. The van der Waals surface area contributed by atoms with Gasteiger partial charge in [-0.3, -0.25) is 10.3 Å². The molecule has 1 aromatic carbocycles. The van der Waals surface area contributed by atoms with Gasteiger partial charge < -0.3 is 4.90 Å². The van der Waals surface area contributed by atoms with Crippen LogP contribution >= 0.6 is 47.6 Å². The number of anilines is 1. The summed E-state index contributed by atoms with van der Waals surface area (Å²) in [4.78, 5) is 3.55. The summed E-state index contributed by atoms with van der Waals surface area (Å²) in [6.45, 7) is 0. The standard InChI is InChI=1S/C10H7Cl2N3S2/c1-14-9(16)8(13)15(10(14)17)5-2-3-6(11)7(12)4-5/h2-4,13H,1H3. The zero-order valence-corrected chi connectivity index (χ0v) is 11.8. The molecule has 0 spiro atoms. The second-order valence-electron chi connectivity index (χ2n) is 3.43. The van der Waals surface area contributed by atoms with Crippen molar-refractivity contribution in [3.63, 3.8) is 0 Å². The van der Waals surface area contributed by atoms with E-state index in [4.69, 9.17) is 53.0 Å². The van der Waals surface area contributed by atoms with Crippen LogP contribution in [0.5, 0.6) is 0 Å². The van der Waals surface area contributed by atoms with Gasteiger partial charge in [-0.15, -0.1) is 0 Å². The second-order valence-corrected chi connectivity index (χ2v) is 5.00. The van der Waals surface area contributed by atoms with Gasteiger partial charge in [-0.05, 0) is 30.4 Å². The number of nitrogens with zero attached hydrogens (tertiary/aromatic N) is 2. The third kappa shape index (κ3) is 2.04. The first-order valence-electron chi connectivity index (χ1n) is 4.59. The Labute approximate surface area is 119 Å².